The number of hydrogen-bond donors (Lipinski definition) is 3. The zero-order valence-electron chi connectivity index (χ0n) is 23.9. The summed E-state index contributed by atoms with van der Waals surface area (Å²) in [4.78, 5) is 63.9. The van der Waals surface area contributed by atoms with Gasteiger partial charge in [0.1, 0.15) is 23.8 Å². The van der Waals surface area contributed by atoms with Gasteiger partial charge in [0.25, 0.3) is 5.91 Å². The molecule has 10 nitrogen and oxygen atoms in total. The largest absolute Gasteiger partial charge is 0.357 e. The van der Waals surface area contributed by atoms with Crippen molar-refractivity contribution in [3.63, 3.8) is 0 Å². The quantitative estimate of drug-likeness (QED) is 0.442. The van der Waals surface area contributed by atoms with Crippen LogP contribution in [0, 0.1) is 11.3 Å². The highest BCUT2D eigenvalue weighted by Gasteiger charge is 2.52. The number of likely N-dealkylation sites (tertiary alicyclic amines) is 1. The minimum atomic E-state index is -0.875. The van der Waals surface area contributed by atoms with Crippen LogP contribution >= 0.6 is 23.5 Å². The lowest BCUT2D eigenvalue weighted by molar-refractivity contribution is -0.144. The van der Waals surface area contributed by atoms with Gasteiger partial charge in [-0.3, -0.25) is 24.2 Å². The zero-order valence-corrected chi connectivity index (χ0v) is 25.5. The van der Waals surface area contributed by atoms with Crippen molar-refractivity contribution in [1.29, 1.82) is 0 Å². The molecule has 3 atom stereocenters. The van der Waals surface area contributed by atoms with Crippen LogP contribution in [0.4, 0.5) is 0 Å². The monoisotopic (exact) mass is 590 g/mol. The summed E-state index contributed by atoms with van der Waals surface area (Å²) in [5, 5.41) is 8.67. The number of rotatable bonds is 7. The first kappa shape index (κ1) is 30.6. The van der Waals surface area contributed by atoms with Gasteiger partial charge in [0, 0.05) is 32.4 Å². The van der Waals surface area contributed by atoms with Crippen LogP contribution < -0.4 is 16.0 Å². The summed E-state index contributed by atoms with van der Waals surface area (Å²) in [6.45, 7) is 6.19. The number of aromatic nitrogens is 2. The van der Waals surface area contributed by atoms with E-state index in [0.717, 1.165) is 50.0 Å². The SMILES string of the molecule is CNC(=O)[C@@H]1CC2(CN1C(=O)[C@@H](NC(=O)[C@@H](NC(=O)c1cnccn1)C1CCCCC1)C(C)(C)C)SCCCS2. The Hall–Kier alpha value is -2.34. The van der Waals surface area contributed by atoms with Gasteiger partial charge in [0.15, 0.2) is 0 Å². The van der Waals surface area contributed by atoms with E-state index in [1.165, 1.54) is 18.6 Å². The summed E-state index contributed by atoms with van der Waals surface area (Å²) < 4.78 is -0.215. The van der Waals surface area contributed by atoms with Crippen LogP contribution in [0.25, 0.3) is 0 Å². The highest BCUT2D eigenvalue weighted by molar-refractivity contribution is 8.18. The number of carbonyl (C=O) groups is 4. The van der Waals surface area contributed by atoms with Crippen molar-refractivity contribution >= 4 is 47.2 Å². The maximum atomic E-state index is 14.2. The molecule has 3 heterocycles. The van der Waals surface area contributed by atoms with E-state index in [2.05, 4.69) is 25.9 Å². The lowest BCUT2D eigenvalue weighted by atomic mass is 9.82. The highest BCUT2D eigenvalue weighted by Crippen LogP contribution is 2.50. The van der Waals surface area contributed by atoms with Gasteiger partial charge in [0.05, 0.1) is 10.3 Å². The Bertz CT molecular complexity index is 1070. The Morgan fingerprint density at radius 1 is 1.02 bits per heavy atom. The summed E-state index contributed by atoms with van der Waals surface area (Å²) >= 11 is 3.66. The fraction of sp³-hybridized carbons (Fsp3) is 0.714. The Morgan fingerprint density at radius 3 is 2.33 bits per heavy atom. The third-order valence-electron chi connectivity index (χ3n) is 8.03. The average Bonchev–Trinajstić information content (AvgIpc) is 3.32. The molecule has 1 aromatic heterocycles. The van der Waals surface area contributed by atoms with Crippen LogP contribution in [-0.2, 0) is 14.4 Å². The topological polar surface area (TPSA) is 133 Å². The van der Waals surface area contributed by atoms with E-state index in [4.69, 9.17) is 0 Å². The molecule has 3 N–H and O–H groups in total. The Morgan fingerprint density at radius 2 is 1.73 bits per heavy atom. The van der Waals surface area contributed by atoms with Gasteiger partial charge in [-0.25, -0.2) is 4.98 Å². The molecule has 2 saturated heterocycles. The van der Waals surface area contributed by atoms with E-state index < -0.39 is 29.4 Å². The second-order valence-electron chi connectivity index (χ2n) is 12.0. The second-order valence-corrected chi connectivity index (χ2v) is 15.2. The van der Waals surface area contributed by atoms with E-state index in [0.29, 0.717) is 13.0 Å². The fourth-order valence-corrected chi connectivity index (χ4v) is 9.19. The van der Waals surface area contributed by atoms with Crippen LogP contribution in [0.1, 0.15) is 76.2 Å². The number of thioether (sulfide) groups is 2. The first-order valence-corrected chi connectivity index (χ1v) is 16.2. The van der Waals surface area contributed by atoms with Crippen LogP contribution in [0.2, 0.25) is 0 Å². The predicted octanol–water partition coefficient (Wildman–Crippen LogP) is 2.60. The highest BCUT2D eigenvalue weighted by atomic mass is 32.2. The summed E-state index contributed by atoms with van der Waals surface area (Å²) in [6.07, 6.45) is 10.7. The van der Waals surface area contributed by atoms with E-state index in [1.54, 1.807) is 11.9 Å². The molecule has 0 aromatic carbocycles. The number of likely N-dealkylation sites (N-methyl/N-ethyl adjacent to an activating group) is 1. The van der Waals surface area contributed by atoms with Gasteiger partial charge >= 0.3 is 0 Å². The maximum absolute atomic E-state index is 14.2. The van der Waals surface area contributed by atoms with E-state index >= 15 is 0 Å². The maximum Gasteiger partial charge on any atom is 0.272 e. The molecule has 1 saturated carbocycles. The number of carbonyl (C=O) groups excluding carboxylic acids is 4. The summed E-state index contributed by atoms with van der Waals surface area (Å²) in [5.41, 5.74) is -0.493. The minimum absolute atomic E-state index is 0.0474. The Kier molecular flexibility index (Phi) is 10.0. The van der Waals surface area contributed by atoms with E-state index in [1.807, 2.05) is 44.3 Å². The molecule has 4 amide bonds. The molecule has 0 radical (unpaired) electrons. The van der Waals surface area contributed by atoms with Gasteiger partial charge in [-0.05, 0) is 42.1 Å². The first-order chi connectivity index (χ1) is 19.0. The molecule has 0 unspecified atom stereocenters. The second kappa shape index (κ2) is 13.1. The van der Waals surface area contributed by atoms with Crippen molar-refractivity contribution in [2.24, 2.45) is 11.3 Å². The lowest BCUT2D eigenvalue weighted by Crippen LogP contribution is -2.61. The molecule has 4 rings (SSSR count). The summed E-state index contributed by atoms with van der Waals surface area (Å²) in [7, 11) is 1.59. The third-order valence-corrected chi connectivity index (χ3v) is 11.4. The molecular weight excluding hydrogens is 548 g/mol. The molecule has 12 heteroatoms. The smallest absolute Gasteiger partial charge is 0.272 e. The minimum Gasteiger partial charge on any atom is -0.357 e. The van der Waals surface area contributed by atoms with Crippen molar-refractivity contribution in [3.8, 4) is 0 Å². The lowest BCUT2D eigenvalue weighted by Gasteiger charge is -2.38. The third kappa shape index (κ3) is 7.10. The molecule has 3 fully saturated rings. The average molecular weight is 591 g/mol. The summed E-state index contributed by atoms with van der Waals surface area (Å²) in [5.74, 6) is 0.656. The normalized spacial score (nSPS) is 22.8. The molecule has 2 aliphatic heterocycles. The van der Waals surface area contributed by atoms with E-state index in [9.17, 15) is 19.2 Å². The van der Waals surface area contributed by atoms with Crippen molar-refractivity contribution in [1.82, 2.24) is 30.8 Å². The Labute approximate surface area is 245 Å². The van der Waals surface area contributed by atoms with Crippen LogP contribution in [0.15, 0.2) is 18.6 Å². The van der Waals surface area contributed by atoms with Gasteiger partial charge in [-0.1, -0.05) is 40.0 Å². The molecular formula is C28H42N6O4S2. The molecule has 1 aromatic rings. The summed E-state index contributed by atoms with van der Waals surface area (Å²) in [6, 6.07) is -2.28. The van der Waals surface area contributed by atoms with Crippen molar-refractivity contribution in [2.75, 3.05) is 25.1 Å². The number of hydrogen-bond acceptors (Lipinski definition) is 8. The van der Waals surface area contributed by atoms with E-state index in [-0.39, 0.29) is 33.4 Å². The van der Waals surface area contributed by atoms with Gasteiger partial charge in [0.2, 0.25) is 17.7 Å². The number of nitrogens with one attached hydrogen (secondary N) is 3. The molecule has 220 valence electrons. The van der Waals surface area contributed by atoms with Crippen LogP contribution in [0.3, 0.4) is 0 Å². The van der Waals surface area contributed by atoms with Gasteiger partial charge in [-0.2, -0.15) is 0 Å². The van der Waals surface area contributed by atoms with Crippen molar-refractivity contribution < 1.29 is 19.2 Å². The van der Waals surface area contributed by atoms with Crippen LogP contribution in [-0.4, -0.2) is 85.8 Å². The van der Waals surface area contributed by atoms with Gasteiger partial charge in [-0.15, -0.1) is 23.5 Å². The zero-order chi connectivity index (χ0) is 28.9. The Balaban J connectivity index is 1.57. The molecule has 3 aliphatic rings. The molecule has 1 spiro atoms. The molecule has 40 heavy (non-hydrogen) atoms. The first-order valence-electron chi connectivity index (χ1n) is 14.2. The van der Waals surface area contributed by atoms with Crippen molar-refractivity contribution in [3.05, 3.63) is 24.3 Å². The van der Waals surface area contributed by atoms with Crippen molar-refractivity contribution in [2.45, 2.75) is 87.9 Å². The molecule has 0 bridgehead atoms. The number of amides is 4. The molecule has 1 aliphatic carbocycles. The fourth-order valence-electron chi connectivity index (χ4n) is 5.84. The predicted molar refractivity (Wildman–Crippen MR) is 158 cm³/mol. The number of nitrogens with zero attached hydrogens (tertiary/aromatic N) is 3. The van der Waals surface area contributed by atoms with Crippen LogP contribution in [0.5, 0.6) is 0 Å². The van der Waals surface area contributed by atoms with Gasteiger partial charge < -0.3 is 20.9 Å². The standard InChI is InChI=1S/C28H42N6O4S2/c1-27(2,3)22(26(38)34-17-28(39-13-8-14-40-28)15-20(34)24(36)29-4)33-25(37)21(18-9-6-5-7-10-18)32-23(35)19-16-30-11-12-31-19/h11-12,16,18,20-22H,5-10,13-15,17H2,1-4H3,(H,29,36)(H,32,35)(H,33,37)/t20-,21-,22+/m0/s1.